The molecule has 0 aliphatic heterocycles. The Kier molecular flexibility index (Phi) is 28.6. The minimum absolute atomic E-state index is 1.15. The largest absolute Gasteiger partial charge is 0.473 e. The summed E-state index contributed by atoms with van der Waals surface area (Å²) in [6.45, 7) is 4.58. The van der Waals surface area contributed by atoms with Crippen LogP contribution in [0.4, 0.5) is 0 Å². The molecule has 184 valence electrons. The first kappa shape index (κ1) is 30.3. The highest BCUT2D eigenvalue weighted by Crippen LogP contribution is 2.13. The van der Waals surface area contributed by atoms with E-state index in [1.165, 1.54) is 141 Å². The van der Waals surface area contributed by atoms with Gasteiger partial charge in [-0.25, -0.2) is 0 Å². The smallest absolute Gasteiger partial charge is 0.0861 e. The van der Waals surface area contributed by atoms with E-state index in [9.17, 15) is 0 Å². The van der Waals surface area contributed by atoms with Crippen LogP contribution in [0.25, 0.3) is 0 Å². The average Bonchev–Trinajstić information content (AvgIpc) is 2.78. The molecule has 31 heavy (non-hydrogen) atoms. The molecule has 0 bridgehead atoms. The van der Waals surface area contributed by atoms with Crippen molar-refractivity contribution >= 4 is 0 Å². The predicted molar refractivity (Wildman–Crippen MR) is 142 cm³/mol. The van der Waals surface area contributed by atoms with Gasteiger partial charge in [-0.2, -0.15) is 0 Å². The lowest BCUT2D eigenvalue weighted by molar-refractivity contribution is 0.397. The molecule has 0 amide bonds. The SMILES string of the molecule is CCCCCCCCCCC=COC=CCCCCCCCCCCCCCCCC. The van der Waals surface area contributed by atoms with E-state index >= 15 is 0 Å². The molecule has 1 nitrogen and oxygen atoms in total. The molecule has 0 saturated heterocycles. The molecule has 0 saturated carbocycles. The van der Waals surface area contributed by atoms with E-state index in [4.69, 9.17) is 4.74 Å². The minimum atomic E-state index is 1.15. The van der Waals surface area contributed by atoms with Gasteiger partial charge in [-0.1, -0.05) is 142 Å². The van der Waals surface area contributed by atoms with Gasteiger partial charge in [0.25, 0.3) is 0 Å². The summed E-state index contributed by atoms with van der Waals surface area (Å²) in [5.74, 6) is 0. The Labute approximate surface area is 197 Å². The molecule has 0 atom stereocenters. The fourth-order valence-corrected chi connectivity index (χ4v) is 4.15. The van der Waals surface area contributed by atoms with E-state index in [-0.39, 0.29) is 0 Å². The quantitative estimate of drug-likeness (QED) is 0.0971. The zero-order valence-electron chi connectivity index (χ0n) is 21.7. The van der Waals surface area contributed by atoms with E-state index in [2.05, 4.69) is 26.0 Å². The molecule has 0 fully saturated rings. The normalized spacial score (nSPS) is 11.8. The van der Waals surface area contributed by atoms with Crippen molar-refractivity contribution in [1.82, 2.24) is 0 Å². The second-order valence-electron chi connectivity index (χ2n) is 9.53. The Morgan fingerprint density at radius 1 is 0.355 bits per heavy atom. The summed E-state index contributed by atoms with van der Waals surface area (Å²) in [5.41, 5.74) is 0. The Hall–Kier alpha value is -0.720. The zero-order chi connectivity index (χ0) is 22.5. The first-order chi connectivity index (χ1) is 15.4. The average molecular weight is 435 g/mol. The number of unbranched alkanes of at least 4 members (excludes halogenated alkanes) is 22. The van der Waals surface area contributed by atoms with Crippen molar-refractivity contribution < 1.29 is 4.74 Å². The molecule has 0 unspecified atom stereocenters. The van der Waals surface area contributed by atoms with Crippen molar-refractivity contribution in [3.05, 3.63) is 24.7 Å². The first-order valence-electron chi connectivity index (χ1n) is 14.4. The summed E-state index contributed by atoms with van der Waals surface area (Å²) in [6, 6.07) is 0. The topological polar surface area (TPSA) is 9.23 Å². The van der Waals surface area contributed by atoms with Crippen molar-refractivity contribution in [2.24, 2.45) is 0 Å². The van der Waals surface area contributed by atoms with Gasteiger partial charge in [-0.3, -0.25) is 0 Å². The van der Waals surface area contributed by atoms with E-state index in [0.29, 0.717) is 0 Å². The molecule has 0 spiro atoms. The van der Waals surface area contributed by atoms with Gasteiger partial charge in [0.15, 0.2) is 0 Å². The summed E-state index contributed by atoms with van der Waals surface area (Å²) in [5, 5.41) is 0. The molecule has 0 aromatic heterocycles. The number of ether oxygens (including phenoxy) is 1. The van der Waals surface area contributed by atoms with E-state index < -0.39 is 0 Å². The Morgan fingerprint density at radius 3 is 0.903 bits per heavy atom. The van der Waals surface area contributed by atoms with Gasteiger partial charge in [-0.05, 0) is 37.8 Å². The van der Waals surface area contributed by atoms with Crippen molar-refractivity contribution in [1.29, 1.82) is 0 Å². The minimum Gasteiger partial charge on any atom is -0.473 e. The van der Waals surface area contributed by atoms with Crippen LogP contribution in [0.5, 0.6) is 0 Å². The van der Waals surface area contributed by atoms with Crippen LogP contribution in [-0.2, 0) is 4.74 Å². The first-order valence-corrected chi connectivity index (χ1v) is 14.4. The molecule has 0 aromatic rings. The fraction of sp³-hybridized carbons (Fsp3) is 0.867. The molecule has 0 aromatic carbocycles. The molecular formula is C30H58O. The highest BCUT2D eigenvalue weighted by atomic mass is 16.5. The van der Waals surface area contributed by atoms with E-state index in [1.54, 1.807) is 0 Å². The maximum absolute atomic E-state index is 5.46. The van der Waals surface area contributed by atoms with Crippen molar-refractivity contribution in [2.45, 2.75) is 168 Å². The number of rotatable bonds is 26. The van der Waals surface area contributed by atoms with Gasteiger partial charge in [0.2, 0.25) is 0 Å². The molecule has 0 aliphatic carbocycles. The standard InChI is InChI=1S/C30H58O/c1-3-5-7-9-11-13-15-16-17-18-19-20-22-24-26-28-30-31-29-27-25-23-21-14-12-10-8-6-4-2/h27-30H,3-26H2,1-2H3. The maximum atomic E-state index is 5.46. The second-order valence-corrected chi connectivity index (χ2v) is 9.53. The van der Waals surface area contributed by atoms with Crippen LogP contribution < -0.4 is 0 Å². The Bertz CT molecular complexity index is 357. The van der Waals surface area contributed by atoms with Crippen LogP contribution in [0.15, 0.2) is 24.7 Å². The third-order valence-corrected chi connectivity index (χ3v) is 6.30. The highest BCUT2D eigenvalue weighted by molar-refractivity contribution is 4.79. The molecular weight excluding hydrogens is 376 g/mol. The lowest BCUT2D eigenvalue weighted by Crippen LogP contribution is -1.83. The van der Waals surface area contributed by atoms with Gasteiger partial charge < -0.3 is 4.74 Å². The fourth-order valence-electron chi connectivity index (χ4n) is 4.15. The lowest BCUT2D eigenvalue weighted by Gasteiger charge is -2.02. The van der Waals surface area contributed by atoms with Crippen molar-refractivity contribution in [3.8, 4) is 0 Å². The molecule has 0 heterocycles. The van der Waals surface area contributed by atoms with Crippen molar-refractivity contribution in [3.63, 3.8) is 0 Å². The lowest BCUT2D eigenvalue weighted by atomic mass is 10.0. The zero-order valence-corrected chi connectivity index (χ0v) is 21.7. The van der Waals surface area contributed by atoms with Crippen LogP contribution in [0, 0.1) is 0 Å². The van der Waals surface area contributed by atoms with Gasteiger partial charge >= 0.3 is 0 Å². The third kappa shape index (κ3) is 29.3. The Morgan fingerprint density at radius 2 is 0.613 bits per heavy atom. The summed E-state index contributed by atoms with van der Waals surface area (Å²) in [4.78, 5) is 0. The molecule has 0 N–H and O–H groups in total. The molecule has 0 rings (SSSR count). The predicted octanol–water partition coefficient (Wildman–Crippen LogP) is 11.4. The van der Waals surface area contributed by atoms with Crippen LogP contribution in [0.3, 0.4) is 0 Å². The van der Waals surface area contributed by atoms with E-state index in [0.717, 1.165) is 12.8 Å². The second kappa shape index (κ2) is 29.3. The molecule has 0 radical (unpaired) electrons. The number of allylic oxidation sites excluding steroid dienone is 2. The van der Waals surface area contributed by atoms with Gasteiger partial charge in [-0.15, -0.1) is 0 Å². The maximum Gasteiger partial charge on any atom is 0.0861 e. The summed E-state index contributed by atoms with van der Waals surface area (Å²) in [6.07, 6.45) is 41.5. The van der Waals surface area contributed by atoms with Crippen LogP contribution in [0.2, 0.25) is 0 Å². The van der Waals surface area contributed by atoms with Crippen LogP contribution >= 0.6 is 0 Å². The summed E-state index contributed by atoms with van der Waals surface area (Å²) < 4.78 is 5.46. The summed E-state index contributed by atoms with van der Waals surface area (Å²) >= 11 is 0. The third-order valence-electron chi connectivity index (χ3n) is 6.30. The van der Waals surface area contributed by atoms with Crippen LogP contribution in [0.1, 0.15) is 168 Å². The summed E-state index contributed by atoms with van der Waals surface area (Å²) in [7, 11) is 0. The molecule has 1 heteroatoms. The van der Waals surface area contributed by atoms with Gasteiger partial charge in [0.1, 0.15) is 0 Å². The highest BCUT2D eigenvalue weighted by Gasteiger charge is 1.94. The van der Waals surface area contributed by atoms with Crippen LogP contribution in [-0.4, -0.2) is 0 Å². The monoisotopic (exact) mass is 434 g/mol. The van der Waals surface area contributed by atoms with Crippen molar-refractivity contribution in [2.75, 3.05) is 0 Å². The van der Waals surface area contributed by atoms with E-state index in [1.807, 2.05) is 12.5 Å². The van der Waals surface area contributed by atoms with Gasteiger partial charge in [0.05, 0.1) is 12.5 Å². The molecule has 0 aliphatic rings. The number of hydrogen-bond acceptors (Lipinski definition) is 1. The number of hydrogen-bond donors (Lipinski definition) is 0. The Balaban J connectivity index is 3.13. The van der Waals surface area contributed by atoms with Gasteiger partial charge in [0, 0.05) is 0 Å².